The van der Waals surface area contributed by atoms with Crippen molar-refractivity contribution >= 4 is 11.9 Å². The van der Waals surface area contributed by atoms with Gasteiger partial charge in [0.1, 0.15) is 31.0 Å². The van der Waals surface area contributed by atoms with Crippen molar-refractivity contribution in [2.24, 2.45) is 0 Å². The third-order valence-electron chi connectivity index (χ3n) is 8.69. The summed E-state index contributed by atoms with van der Waals surface area (Å²) in [6.07, 6.45) is 28.4. The summed E-state index contributed by atoms with van der Waals surface area (Å²) in [6.45, 7) is 3.28. The van der Waals surface area contributed by atoms with Crippen molar-refractivity contribution in [3.05, 3.63) is 48.6 Å². The van der Waals surface area contributed by atoms with Gasteiger partial charge in [-0.25, -0.2) is 0 Å². The van der Waals surface area contributed by atoms with Crippen molar-refractivity contribution in [2.75, 3.05) is 19.8 Å². The van der Waals surface area contributed by atoms with Crippen LogP contribution in [0.25, 0.3) is 0 Å². The van der Waals surface area contributed by atoms with Crippen LogP contribution in [0.15, 0.2) is 48.6 Å². The van der Waals surface area contributed by atoms with Crippen LogP contribution in [0.3, 0.4) is 0 Å². The van der Waals surface area contributed by atoms with Crippen LogP contribution in [0.2, 0.25) is 0 Å². The van der Waals surface area contributed by atoms with Crippen LogP contribution in [0.5, 0.6) is 0 Å². The lowest BCUT2D eigenvalue weighted by Gasteiger charge is -2.39. The van der Waals surface area contributed by atoms with Crippen LogP contribution in [-0.2, 0) is 28.5 Å². The smallest absolute Gasteiger partial charge is 0.306 e. The van der Waals surface area contributed by atoms with E-state index in [4.69, 9.17) is 18.9 Å². The monoisotopic (exact) mass is 722 g/mol. The maximum absolute atomic E-state index is 12.7. The highest BCUT2D eigenvalue weighted by Gasteiger charge is 2.44. The van der Waals surface area contributed by atoms with Crippen molar-refractivity contribution in [3.8, 4) is 0 Å². The van der Waals surface area contributed by atoms with Crippen molar-refractivity contribution in [3.63, 3.8) is 0 Å². The Bertz CT molecular complexity index is 975. The molecule has 0 aromatic heterocycles. The van der Waals surface area contributed by atoms with Gasteiger partial charge in [0.15, 0.2) is 12.4 Å². The molecule has 1 aliphatic rings. The third kappa shape index (κ3) is 24.5. The second kappa shape index (κ2) is 32.3. The van der Waals surface area contributed by atoms with E-state index in [9.17, 15) is 30.0 Å². The third-order valence-corrected chi connectivity index (χ3v) is 8.69. The van der Waals surface area contributed by atoms with Gasteiger partial charge in [-0.05, 0) is 77.0 Å². The fourth-order valence-corrected chi connectivity index (χ4v) is 5.48. The molecule has 0 amide bonds. The number of unbranched alkanes of at least 4 members (excludes halogenated alkanes) is 12. The summed E-state index contributed by atoms with van der Waals surface area (Å²) in [5.74, 6) is -0.870. The Morgan fingerprint density at radius 2 is 1.10 bits per heavy atom. The zero-order valence-electron chi connectivity index (χ0n) is 31.6. The standard InChI is InChI=1S/C41H70O10/c1-3-5-7-9-11-13-15-17-19-21-23-25-27-29-36(43)48-32-34(33-49-41-40(47)39(46)38(45)35(31-42)51-41)50-37(44)30-28-26-24-22-20-18-16-14-12-10-8-6-4-2/h11-14,17-20,34-35,38-42,45-47H,3-10,15-16,21-33H2,1-2H3/b13-11-,14-12-,19-17-,20-18-/t34-,35-,38+,39+,40-,41-/m1/s1. The Morgan fingerprint density at radius 1 is 0.608 bits per heavy atom. The molecule has 10 heteroatoms. The molecule has 4 N–H and O–H groups in total. The molecule has 51 heavy (non-hydrogen) atoms. The Labute approximate surface area is 308 Å². The molecular weight excluding hydrogens is 652 g/mol. The lowest BCUT2D eigenvalue weighted by molar-refractivity contribution is -0.305. The SMILES string of the molecule is CCCCC/C=C\C/C=C\CCCCCC(=O)OC[C@H](CO[C@@H]1O[C@H](CO)[C@H](O)[C@H](O)[C@H]1O)OC(=O)CCCCC/C=C\C/C=C\CCCCC. The predicted octanol–water partition coefficient (Wildman–Crippen LogP) is 7.32. The molecule has 0 spiro atoms. The molecule has 0 radical (unpaired) electrons. The highest BCUT2D eigenvalue weighted by Crippen LogP contribution is 2.22. The first-order valence-electron chi connectivity index (χ1n) is 19.7. The normalized spacial score (nSPS) is 21.7. The minimum Gasteiger partial charge on any atom is -0.462 e. The van der Waals surface area contributed by atoms with Crippen molar-refractivity contribution in [1.82, 2.24) is 0 Å². The van der Waals surface area contributed by atoms with E-state index in [0.29, 0.717) is 12.8 Å². The summed E-state index contributed by atoms with van der Waals surface area (Å²) in [5.41, 5.74) is 0. The minimum atomic E-state index is -1.60. The van der Waals surface area contributed by atoms with Gasteiger partial charge in [0.25, 0.3) is 0 Å². The average molecular weight is 723 g/mol. The number of allylic oxidation sites excluding steroid dienone is 8. The number of hydrogen-bond donors (Lipinski definition) is 4. The summed E-state index contributed by atoms with van der Waals surface area (Å²) < 4.78 is 22.0. The fourth-order valence-electron chi connectivity index (χ4n) is 5.48. The lowest BCUT2D eigenvalue weighted by atomic mass is 9.99. The van der Waals surface area contributed by atoms with Gasteiger partial charge in [-0.15, -0.1) is 0 Å². The van der Waals surface area contributed by atoms with E-state index in [2.05, 4.69) is 62.5 Å². The van der Waals surface area contributed by atoms with Crippen molar-refractivity contribution in [2.45, 2.75) is 179 Å². The molecule has 0 aromatic carbocycles. The quantitative estimate of drug-likeness (QED) is 0.0325. The molecule has 1 heterocycles. The maximum Gasteiger partial charge on any atom is 0.306 e. The van der Waals surface area contributed by atoms with Crippen LogP contribution in [0.1, 0.15) is 142 Å². The van der Waals surface area contributed by atoms with Gasteiger partial charge in [0.05, 0.1) is 13.2 Å². The molecule has 0 unspecified atom stereocenters. The first-order chi connectivity index (χ1) is 24.8. The van der Waals surface area contributed by atoms with E-state index < -0.39 is 55.4 Å². The molecule has 1 aliphatic heterocycles. The van der Waals surface area contributed by atoms with E-state index >= 15 is 0 Å². The zero-order chi connectivity index (χ0) is 37.4. The number of ether oxygens (including phenoxy) is 4. The second-order valence-corrected chi connectivity index (χ2v) is 13.4. The number of aliphatic hydroxyl groups is 4. The van der Waals surface area contributed by atoms with Gasteiger partial charge in [-0.2, -0.15) is 0 Å². The van der Waals surface area contributed by atoms with Crippen molar-refractivity contribution in [1.29, 1.82) is 0 Å². The lowest BCUT2D eigenvalue weighted by Crippen LogP contribution is -2.59. The van der Waals surface area contributed by atoms with E-state index in [-0.39, 0.29) is 26.1 Å². The number of aliphatic hydroxyl groups excluding tert-OH is 4. The molecule has 0 bridgehead atoms. The summed E-state index contributed by atoms with van der Waals surface area (Å²) in [6, 6.07) is 0. The van der Waals surface area contributed by atoms with Crippen LogP contribution in [0, 0.1) is 0 Å². The summed E-state index contributed by atoms with van der Waals surface area (Å²) >= 11 is 0. The highest BCUT2D eigenvalue weighted by molar-refractivity contribution is 5.70. The van der Waals surface area contributed by atoms with E-state index in [1.54, 1.807) is 0 Å². The minimum absolute atomic E-state index is 0.193. The van der Waals surface area contributed by atoms with Gasteiger partial charge in [0, 0.05) is 12.8 Å². The summed E-state index contributed by atoms with van der Waals surface area (Å²) in [7, 11) is 0. The van der Waals surface area contributed by atoms with E-state index in [0.717, 1.165) is 64.2 Å². The van der Waals surface area contributed by atoms with Gasteiger partial charge in [-0.3, -0.25) is 9.59 Å². The molecule has 0 aromatic rings. The Hall–Kier alpha value is -2.34. The largest absolute Gasteiger partial charge is 0.462 e. The molecule has 0 aliphatic carbocycles. The first kappa shape index (κ1) is 46.7. The van der Waals surface area contributed by atoms with Gasteiger partial charge in [-0.1, -0.05) is 101 Å². The van der Waals surface area contributed by atoms with Crippen molar-refractivity contribution < 1.29 is 49.0 Å². The zero-order valence-corrected chi connectivity index (χ0v) is 31.6. The molecule has 1 saturated heterocycles. The van der Waals surface area contributed by atoms with Crippen LogP contribution >= 0.6 is 0 Å². The molecule has 10 nitrogen and oxygen atoms in total. The molecule has 1 fully saturated rings. The number of esters is 2. The van der Waals surface area contributed by atoms with Gasteiger partial charge in [0.2, 0.25) is 0 Å². The summed E-state index contributed by atoms with van der Waals surface area (Å²) in [5, 5.41) is 39.9. The number of rotatable bonds is 31. The number of carbonyl (C=O) groups excluding carboxylic acids is 2. The molecule has 294 valence electrons. The molecule has 1 rings (SSSR count). The first-order valence-corrected chi connectivity index (χ1v) is 19.7. The topological polar surface area (TPSA) is 152 Å². The van der Waals surface area contributed by atoms with Crippen LogP contribution in [-0.4, -0.2) is 89.0 Å². The van der Waals surface area contributed by atoms with Crippen LogP contribution in [0.4, 0.5) is 0 Å². The van der Waals surface area contributed by atoms with E-state index in [1.165, 1.54) is 38.5 Å². The molecule has 0 saturated carbocycles. The summed E-state index contributed by atoms with van der Waals surface area (Å²) in [4.78, 5) is 25.2. The number of hydrogen-bond acceptors (Lipinski definition) is 10. The second-order valence-electron chi connectivity index (χ2n) is 13.4. The molecular formula is C41H70O10. The van der Waals surface area contributed by atoms with Crippen LogP contribution < -0.4 is 0 Å². The number of carbonyl (C=O) groups is 2. The Morgan fingerprint density at radius 3 is 1.59 bits per heavy atom. The van der Waals surface area contributed by atoms with Gasteiger partial charge < -0.3 is 39.4 Å². The highest BCUT2D eigenvalue weighted by atomic mass is 16.7. The maximum atomic E-state index is 12.7. The molecule has 6 atom stereocenters. The van der Waals surface area contributed by atoms with Gasteiger partial charge >= 0.3 is 11.9 Å². The van der Waals surface area contributed by atoms with E-state index in [1.807, 2.05) is 0 Å². The Balaban J connectivity index is 2.44. The Kier molecular flexibility index (Phi) is 29.6. The fraction of sp³-hybridized carbons (Fsp3) is 0.756. The average Bonchev–Trinajstić information content (AvgIpc) is 3.13. The predicted molar refractivity (Wildman–Crippen MR) is 201 cm³/mol.